The molecule has 6 heteroatoms. The molecule has 1 saturated heterocycles. The van der Waals surface area contributed by atoms with Gasteiger partial charge in [0.1, 0.15) is 5.75 Å². The number of amides is 1. The van der Waals surface area contributed by atoms with Crippen molar-refractivity contribution in [1.82, 2.24) is 9.80 Å². The molecule has 0 aromatic heterocycles. The molecular formula is C22H23N3O2S. The Kier molecular flexibility index (Phi) is 5.78. The molecule has 28 heavy (non-hydrogen) atoms. The summed E-state index contributed by atoms with van der Waals surface area (Å²) < 4.78 is 5.25. The van der Waals surface area contributed by atoms with Crippen LogP contribution in [0.25, 0.3) is 6.08 Å². The summed E-state index contributed by atoms with van der Waals surface area (Å²) in [5.41, 5.74) is 2.28. The Balaban J connectivity index is 1.35. The molecule has 1 amide bonds. The first-order chi connectivity index (χ1) is 13.7. The molecule has 2 aliphatic rings. The van der Waals surface area contributed by atoms with Crippen LogP contribution < -0.4 is 4.74 Å². The molecule has 2 aromatic carbocycles. The van der Waals surface area contributed by atoms with Crippen molar-refractivity contribution in [2.24, 2.45) is 4.99 Å². The van der Waals surface area contributed by atoms with Crippen molar-refractivity contribution in [3.8, 4) is 5.75 Å². The number of rotatable bonds is 4. The maximum absolute atomic E-state index is 12.3. The summed E-state index contributed by atoms with van der Waals surface area (Å²) >= 11 is 1.47. The Morgan fingerprint density at radius 3 is 2.61 bits per heavy atom. The van der Waals surface area contributed by atoms with Gasteiger partial charge in [-0.25, -0.2) is 0 Å². The van der Waals surface area contributed by atoms with E-state index in [-0.39, 0.29) is 5.91 Å². The molecule has 0 saturated carbocycles. The standard InChI is InChI=1S/C22H23N3O2S/c1-27-19-9-5-8-18(14-19)15-20-21(26)23-22(28-20)25-12-10-24(11-13-25)16-17-6-3-2-4-7-17/h2-9,14-15H,10-13,16H2,1H3/b20-15+. The molecule has 1 fully saturated rings. The summed E-state index contributed by atoms with van der Waals surface area (Å²) in [7, 11) is 1.64. The number of carbonyl (C=O) groups excluding carboxylic acids is 1. The molecule has 0 radical (unpaired) electrons. The third kappa shape index (κ3) is 4.46. The third-order valence-corrected chi connectivity index (χ3v) is 5.94. The van der Waals surface area contributed by atoms with Crippen molar-refractivity contribution < 1.29 is 9.53 Å². The number of nitrogens with zero attached hydrogens (tertiary/aromatic N) is 3. The predicted molar refractivity (Wildman–Crippen MR) is 114 cm³/mol. The van der Waals surface area contributed by atoms with Gasteiger partial charge < -0.3 is 9.64 Å². The van der Waals surface area contributed by atoms with Gasteiger partial charge in [0.15, 0.2) is 5.17 Å². The van der Waals surface area contributed by atoms with Crippen LogP contribution in [-0.4, -0.2) is 54.2 Å². The Morgan fingerprint density at radius 1 is 1.07 bits per heavy atom. The monoisotopic (exact) mass is 393 g/mol. The highest BCUT2D eigenvalue weighted by molar-refractivity contribution is 8.18. The molecule has 0 unspecified atom stereocenters. The fourth-order valence-corrected chi connectivity index (χ4v) is 4.32. The number of thioether (sulfide) groups is 1. The van der Waals surface area contributed by atoms with E-state index in [1.165, 1.54) is 17.3 Å². The average molecular weight is 394 g/mol. The normalized spacial score (nSPS) is 19.2. The van der Waals surface area contributed by atoms with E-state index in [0.29, 0.717) is 4.91 Å². The summed E-state index contributed by atoms with van der Waals surface area (Å²) in [5, 5.41) is 0.818. The molecule has 2 aliphatic heterocycles. The first-order valence-electron chi connectivity index (χ1n) is 9.39. The van der Waals surface area contributed by atoms with Crippen LogP contribution in [-0.2, 0) is 11.3 Å². The summed E-state index contributed by atoms with van der Waals surface area (Å²) in [5.74, 6) is 0.620. The van der Waals surface area contributed by atoms with Crippen LogP contribution in [0.5, 0.6) is 5.75 Å². The molecule has 0 N–H and O–H groups in total. The van der Waals surface area contributed by atoms with Gasteiger partial charge in [-0.2, -0.15) is 4.99 Å². The van der Waals surface area contributed by atoms with Gasteiger partial charge in [0, 0.05) is 32.7 Å². The molecule has 0 spiro atoms. The fraction of sp³-hybridized carbons (Fsp3) is 0.273. The van der Waals surface area contributed by atoms with Gasteiger partial charge in [0.2, 0.25) is 0 Å². The summed E-state index contributed by atoms with van der Waals surface area (Å²) in [6.45, 7) is 4.68. The zero-order chi connectivity index (χ0) is 19.3. The first kappa shape index (κ1) is 18.8. The molecule has 2 heterocycles. The Morgan fingerprint density at radius 2 is 1.86 bits per heavy atom. The minimum Gasteiger partial charge on any atom is -0.497 e. The summed E-state index contributed by atoms with van der Waals surface area (Å²) in [6, 6.07) is 18.2. The Hall–Kier alpha value is -2.57. The minimum absolute atomic E-state index is 0.158. The highest BCUT2D eigenvalue weighted by atomic mass is 32.2. The van der Waals surface area contributed by atoms with Gasteiger partial charge in [-0.05, 0) is 41.1 Å². The Bertz CT molecular complexity index is 903. The van der Waals surface area contributed by atoms with E-state index >= 15 is 0 Å². The lowest BCUT2D eigenvalue weighted by Crippen LogP contribution is -2.47. The number of amidine groups is 1. The Labute approximate surface area is 169 Å². The maximum Gasteiger partial charge on any atom is 0.286 e. The maximum atomic E-state index is 12.3. The van der Waals surface area contributed by atoms with Crippen molar-refractivity contribution >= 4 is 28.9 Å². The number of methoxy groups -OCH3 is 1. The van der Waals surface area contributed by atoms with Crippen molar-refractivity contribution in [1.29, 1.82) is 0 Å². The number of aliphatic imine (C=N–C) groups is 1. The molecule has 4 rings (SSSR count). The van der Waals surface area contributed by atoms with Crippen molar-refractivity contribution in [3.63, 3.8) is 0 Å². The zero-order valence-electron chi connectivity index (χ0n) is 15.9. The van der Waals surface area contributed by atoms with Crippen molar-refractivity contribution in [2.75, 3.05) is 33.3 Å². The lowest BCUT2D eigenvalue weighted by molar-refractivity contribution is -0.113. The fourth-order valence-electron chi connectivity index (χ4n) is 3.35. The molecule has 0 bridgehead atoms. The second-order valence-corrected chi connectivity index (χ2v) is 7.84. The summed E-state index contributed by atoms with van der Waals surface area (Å²) in [6.07, 6.45) is 1.89. The predicted octanol–water partition coefficient (Wildman–Crippen LogP) is 3.48. The van der Waals surface area contributed by atoms with Crippen LogP contribution in [0.2, 0.25) is 0 Å². The quantitative estimate of drug-likeness (QED) is 0.744. The van der Waals surface area contributed by atoms with Crippen LogP contribution in [0, 0.1) is 0 Å². The van der Waals surface area contributed by atoms with Gasteiger partial charge >= 0.3 is 0 Å². The largest absolute Gasteiger partial charge is 0.497 e. The second-order valence-electron chi connectivity index (χ2n) is 6.84. The lowest BCUT2D eigenvalue weighted by atomic mass is 10.2. The van der Waals surface area contributed by atoms with E-state index in [1.807, 2.05) is 36.4 Å². The van der Waals surface area contributed by atoms with Crippen LogP contribution in [0.3, 0.4) is 0 Å². The van der Waals surface area contributed by atoms with E-state index < -0.39 is 0 Å². The molecule has 0 atom stereocenters. The van der Waals surface area contributed by atoms with Gasteiger partial charge in [-0.1, -0.05) is 42.5 Å². The topological polar surface area (TPSA) is 45.1 Å². The molecular weight excluding hydrogens is 370 g/mol. The molecule has 5 nitrogen and oxygen atoms in total. The van der Waals surface area contributed by atoms with E-state index in [1.54, 1.807) is 7.11 Å². The van der Waals surface area contributed by atoms with E-state index in [9.17, 15) is 4.79 Å². The number of ether oxygens (including phenoxy) is 1. The molecule has 144 valence electrons. The van der Waals surface area contributed by atoms with Crippen LogP contribution >= 0.6 is 11.8 Å². The lowest BCUT2D eigenvalue weighted by Gasteiger charge is -2.35. The van der Waals surface area contributed by atoms with Crippen LogP contribution in [0.15, 0.2) is 64.5 Å². The van der Waals surface area contributed by atoms with Gasteiger partial charge in [-0.3, -0.25) is 9.69 Å². The first-order valence-corrected chi connectivity index (χ1v) is 10.2. The van der Waals surface area contributed by atoms with Gasteiger partial charge in [0.05, 0.1) is 12.0 Å². The highest BCUT2D eigenvalue weighted by Gasteiger charge is 2.28. The number of piperazine rings is 1. The van der Waals surface area contributed by atoms with Crippen LogP contribution in [0.1, 0.15) is 11.1 Å². The number of carbonyl (C=O) groups is 1. The van der Waals surface area contributed by atoms with Gasteiger partial charge in [-0.15, -0.1) is 0 Å². The van der Waals surface area contributed by atoms with Crippen LogP contribution in [0.4, 0.5) is 0 Å². The SMILES string of the molecule is COc1cccc(/C=C2/SC(N3CCN(Cc4ccccc4)CC3)=NC2=O)c1. The zero-order valence-corrected chi connectivity index (χ0v) is 16.7. The van der Waals surface area contributed by atoms with E-state index in [2.05, 4.69) is 39.1 Å². The minimum atomic E-state index is -0.158. The highest BCUT2D eigenvalue weighted by Crippen LogP contribution is 2.31. The summed E-state index contributed by atoms with van der Waals surface area (Å²) in [4.78, 5) is 22.0. The van der Waals surface area contributed by atoms with Crippen molar-refractivity contribution in [2.45, 2.75) is 6.54 Å². The molecule has 2 aromatic rings. The smallest absolute Gasteiger partial charge is 0.286 e. The third-order valence-electron chi connectivity index (χ3n) is 4.89. The van der Waals surface area contributed by atoms with E-state index in [4.69, 9.17) is 4.74 Å². The molecule has 0 aliphatic carbocycles. The number of hydrogen-bond donors (Lipinski definition) is 0. The van der Waals surface area contributed by atoms with Crippen molar-refractivity contribution in [3.05, 3.63) is 70.6 Å². The second kappa shape index (κ2) is 8.63. The number of benzene rings is 2. The number of hydrogen-bond acceptors (Lipinski definition) is 5. The average Bonchev–Trinajstić information content (AvgIpc) is 3.10. The van der Waals surface area contributed by atoms with E-state index in [0.717, 1.165) is 49.2 Å². The van der Waals surface area contributed by atoms with Gasteiger partial charge in [0.25, 0.3) is 5.91 Å².